The van der Waals surface area contributed by atoms with Crippen LogP contribution in [0.1, 0.15) is 45.1 Å². The molecule has 0 fully saturated rings. The first-order chi connectivity index (χ1) is 14.0. The summed E-state index contributed by atoms with van der Waals surface area (Å²) >= 11 is 6.07. The van der Waals surface area contributed by atoms with Gasteiger partial charge in [-0.05, 0) is 68.0 Å². The van der Waals surface area contributed by atoms with Gasteiger partial charge in [-0.15, -0.1) is 5.73 Å². The molecule has 2 aromatic rings. The molecule has 1 aliphatic rings. The second-order valence-electron chi connectivity index (χ2n) is 7.58. The quantitative estimate of drug-likeness (QED) is 0.455. The molecule has 1 amide bonds. The van der Waals surface area contributed by atoms with Crippen molar-refractivity contribution >= 4 is 28.9 Å². The molecule has 0 N–H and O–H groups in total. The molecule has 0 aromatic heterocycles. The summed E-state index contributed by atoms with van der Waals surface area (Å²) < 4.78 is 0. The Morgan fingerprint density at radius 1 is 1.17 bits per heavy atom. The van der Waals surface area contributed by atoms with E-state index in [0.29, 0.717) is 17.9 Å². The van der Waals surface area contributed by atoms with Crippen molar-refractivity contribution in [1.82, 2.24) is 0 Å². The van der Waals surface area contributed by atoms with Gasteiger partial charge in [-0.2, -0.15) is 10.1 Å². The number of para-hydroxylation sites is 1. The standard InChI is InChI=1S/C25H27ClN2O/c1-4-6-10-20(5-2)17-25(18-21-13-15-22(26)16-14-21)19(3)27-28(24(25)29)23-11-8-7-9-12-23/h7-9,11-16H,2,4,6,10,17-18H2,1,3H3. The van der Waals surface area contributed by atoms with Crippen molar-refractivity contribution in [1.29, 1.82) is 0 Å². The Balaban J connectivity index is 2.00. The van der Waals surface area contributed by atoms with E-state index in [-0.39, 0.29) is 5.91 Å². The maximum absolute atomic E-state index is 13.8. The molecule has 29 heavy (non-hydrogen) atoms. The maximum Gasteiger partial charge on any atom is 0.260 e. The van der Waals surface area contributed by atoms with Crippen molar-refractivity contribution in [3.63, 3.8) is 0 Å². The van der Waals surface area contributed by atoms with Crippen molar-refractivity contribution in [3.05, 3.63) is 83.1 Å². The molecule has 0 radical (unpaired) electrons. The van der Waals surface area contributed by atoms with Crippen LogP contribution in [0.3, 0.4) is 0 Å². The molecule has 1 heterocycles. The van der Waals surface area contributed by atoms with E-state index >= 15 is 0 Å². The van der Waals surface area contributed by atoms with Gasteiger partial charge in [0.15, 0.2) is 0 Å². The summed E-state index contributed by atoms with van der Waals surface area (Å²) in [6.07, 6.45) is 4.19. The van der Waals surface area contributed by atoms with Gasteiger partial charge in [-0.3, -0.25) is 4.79 Å². The molecule has 150 valence electrons. The van der Waals surface area contributed by atoms with Crippen LogP contribution in [0, 0.1) is 5.41 Å². The van der Waals surface area contributed by atoms with E-state index in [4.69, 9.17) is 11.6 Å². The molecule has 1 unspecified atom stereocenters. The molecule has 0 aliphatic carbocycles. The van der Waals surface area contributed by atoms with Crippen molar-refractivity contribution in [2.24, 2.45) is 10.5 Å². The van der Waals surface area contributed by atoms with Gasteiger partial charge in [0.05, 0.1) is 16.8 Å². The molecule has 1 aliphatic heterocycles. The van der Waals surface area contributed by atoms with Crippen LogP contribution in [0.15, 0.2) is 77.6 Å². The van der Waals surface area contributed by atoms with Crippen LogP contribution in [0.4, 0.5) is 5.69 Å². The van der Waals surface area contributed by atoms with Gasteiger partial charge < -0.3 is 0 Å². The van der Waals surface area contributed by atoms with Gasteiger partial charge in [-0.1, -0.05) is 61.9 Å². The smallest absolute Gasteiger partial charge is 0.260 e. The highest BCUT2D eigenvalue weighted by Crippen LogP contribution is 2.41. The van der Waals surface area contributed by atoms with Crippen molar-refractivity contribution < 1.29 is 4.79 Å². The molecular weight excluding hydrogens is 380 g/mol. The second kappa shape index (κ2) is 9.26. The summed E-state index contributed by atoms with van der Waals surface area (Å²) in [6, 6.07) is 17.3. The number of carbonyl (C=O) groups is 1. The zero-order valence-electron chi connectivity index (χ0n) is 17.1. The number of allylic oxidation sites excluding steroid dienone is 1. The monoisotopic (exact) mass is 406 g/mol. The summed E-state index contributed by atoms with van der Waals surface area (Å²) in [5, 5.41) is 6.92. The summed E-state index contributed by atoms with van der Waals surface area (Å²) in [5.74, 6) is 0.000369. The molecule has 0 saturated heterocycles. The average Bonchev–Trinajstić information content (AvgIpc) is 2.98. The summed E-state index contributed by atoms with van der Waals surface area (Å²) in [5.41, 5.74) is 6.11. The Bertz CT molecular complexity index is 943. The van der Waals surface area contributed by atoms with Crippen LogP contribution in [-0.2, 0) is 11.2 Å². The van der Waals surface area contributed by atoms with E-state index in [1.165, 1.54) is 0 Å². The first kappa shape index (κ1) is 21.1. The van der Waals surface area contributed by atoms with E-state index in [9.17, 15) is 4.79 Å². The Kier molecular flexibility index (Phi) is 6.74. The van der Waals surface area contributed by atoms with Gasteiger partial charge in [0.25, 0.3) is 5.91 Å². The fraction of sp³-hybridized carbons (Fsp3) is 0.320. The third-order valence-electron chi connectivity index (χ3n) is 5.56. The first-order valence-corrected chi connectivity index (χ1v) is 10.5. The number of nitrogens with zero attached hydrogens (tertiary/aromatic N) is 2. The van der Waals surface area contributed by atoms with Crippen LogP contribution in [-0.4, -0.2) is 11.6 Å². The number of halogens is 1. The lowest BCUT2D eigenvalue weighted by Crippen LogP contribution is -2.41. The van der Waals surface area contributed by atoms with Crippen LogP contribution >= 0.6 is 11.6 Å². The molecule has 3 nitrogen and oxygen atoms in total. The predicted molar refractivity (Wildman–Crippen MR) is 121 cm³/mol. The molecule has 0 saturated carbocycles. The predicted octanol–water partition coefficient (Wildman–Crippen LogP) is 6.58. The fourth-order valence-electron chi connectivity index (χ4n) is 3.81. The molecule has 0 spiro atoms. The van der Waals surface area contributed by atoms with Crippen LogP contribution in [0.25, 0.3) is 0 Å². The number of hydrogen-bond donors (Lipinski definition) is 0. The van der Waals surface area contributed by atoms with E-state index < -0.39 is 5.41 Å². The number of benzene rings is 2. The Hall–Kier alpha value is -2.61. The molecule has 3 rings (SSSR count). The summed E-state index contributed by atoms with van der Waals surface area (Å²) in [7, 11) is 0. The van der Waals surface area contributed by atoms with Gasteiger partial charge in [0.2, 0.25) is 0 Å². The zero-order valence-corrected chi connectivity index (χ0v) is 17.9. The van der Waals surface area contributed by atoms with Crippen LogP contribution in [0.5, 0.6) is 0 Å². The van der Waals surface area contributed by atoms with E-state index in [2.05, 4.69) is 24.3 Å². The van der Waals surface area contributed by atoms with E-state index in [0.717, 1.165) is 41.8 Å². The molecular formula is C25H27ClN2O. The minimum absolute atomic E-state index is 0.000369. The molecule has 0 bridgehead atoms. The number of rotatable bonds is 8. The molecule has 2 aromatic carbocycles. The van der Waals surface area contributed by atoms with Crippen LogP contribution in [0.2, 0.25) is 5.02 Å². The lowest BCUT2D eigenvalue weighted by Gasteiger charge is -2.29. The number of amides is 1. The number of unbranched alkanes of at least 4 members (excludes halogenated alkanes) is 1. The Morgan fingerprint density at radius 2 is 1.86 bits per heavy atom. The normalized spacial score (nSPS) is 18.5. The lowest BCUT2D eigenvalue weighted by atomic mass is 9.72. The third kappa shape index (κ3) is 4.53. The maximum atomic E-state index is 13.8. The van der Waals surface area contributed by atoms with Crippen molar-refractivity contribution in [3.8, 4) is 0 Å². The number of anilines is 1. The third-order valence-corrected chi connectivity index (χ3v) is 5.81. The number of hydrogen-bond acceptors (Lipinski definition) is 2. The number of hydrazone groups is 1. The first-order valence-electron chi connectivity index (χ1n) is 10.1. The second-order valence-corrected chi connectivity index (χ2v) is 8.02. The van der Waals surface area contributed by atoms with Gasteiger partial charge in [-0.25, -0.2) is 0 Å². The van der Waals surface area contributed by atoms with Crippen LogP contribution < -0.4 is 5.01 Å². The topological polar surface area (TPSA) is 32.7 Å². The highest BCUT2D eigenvalue weighted by Gasteiger charge is 2.49. The van der Waals surface area contributed by atoms with Gasteiger partial charge in [0, 0.05) is 5.02 Å². The van der Waals surface area contributed by atoms with Crippen molar-refractivity contribution in [2.75, 3.05) is 5.01 Å². The summed E-state index contributed by atoms with van der Waals surface area (Å²) in [6.45, 7) is 8.01. The lowest BCUT2D eigenvalue weighted by molar-refractivity contribution is -0.123. The molecule has 1 atom stereocenters. The minimum Gasteiger partial charge on any atom is -0.271 e. The SMILES string of the molecule is C=C=C(CCCC)CC1(Cc2ccc(Cl)cc2)C(=O)N(c2ccccc2)N=C1C. The fourth-order valence-corrected chi connectivity index (χ4v) is 3.93. The number of carbonyl (C=O) groups excluding carboxylic acids is 1. The largest absolute Gasteiger partial charge is 0.271 e. The average molecular weight is 407 g/mol. The van der Waals surface area contributed by atoms with Gasteiger partial charge in [0.1, 0.15) is 0 Å². The van der Waals surface area contributed by atoms with E-state index in [1.54, 1.807) is 5.01 Å². The highest BCUT2D eigenvalue weighted by atomic mass is 35.5. The highest BCUT2D eigenvalue weighted by molar-refractivity contribution is 6.30. The summed E-state index contributed by atoms with van der Waals surface area (Å²) in [4.78, 5) is 13.8. The molecule has 4 heteroatoms. The van der Waals surface area contributed by atoms with E-state index in [1.807, 2.05) is 61.5 Å². The zero-order chi connectivity index (χ0) is 20.9. The Morgan fingerprint density at radius 3 is 2.48 bits per heavy atom. The Labute approximate surface area is 178 Å². The van der Waals surface area contributed by atoms with Gasteiger partial charge >= 0.3 is 0 Å². The van der Waals surface area contributed by atoms with Crippen molar-refractivity contribution in [2.45, 2.75) is 46.0 Å². The minimum atomic E-state index is -0.739.